The zero-order chi connectivity index (χ0) is 14.8. The van der Waals surface area contributed by atoms with Gasteiger partial charge in [-0.1, -0.05) is 45.3 Å². The summed E-state index contributed by atoms with van der Waals surface area (Å²) in [5.74, 6) is 1.15. The van der Waals surface area contributed by atoms with Gasteiger partial charge in [0.15, 0.2) is 0 Å². The molecule has 1 aromatic carbocycles. The zero-order valence-electron chi connectivity index (χ0n) is 12.8. The van der Waals surface area contributed by atoms with Gasteiger partial charge in [0.05, 0.1) is 5.54 Å². The van der Waals surface area contributed by atoms with Crippen molar-refractivity contribution in [3.8, 4) is 0 Å². The molecule has 21 heavy (non-hydrogen) atoms. The zero-order valence-corrected chi connectivity index (χ0v) is 14.4. The predicted octanol–water partition coefficient (Wildman–Crippen LogP) is 5.52. The van der Waals surface area contributed by atoms with E-state index in [0.29, 0.717) is 11.8 Å². The normalized spacial score (nSPS) is 28.9. The SMILES string of the molecule is CC1=CC(C)(C)N=C2CC3=Cc4cc(Br)ccc4C3CC12. The quantitative estimate of drug-likeness (QED) is 0.551. The van der Waals surface area contributed by atoms with Crippen LogP contribution in [0, 0.1) is 5.92 Å². The Morgan fingerprint density at radius 3 is 2.86 bits per heavy atom. The fourth-order valence-corrected chi connectivity index (χ4v) is 4.65. The van der Waals surface area contributed by atoms with Crippen LogP contribution in [0.4, 0.5) is 0 Å². The Hall–Kier alpha value is -1.15. The molecule has 1 saturated carbocycles. The van der Waals surface area contributed by atoms with E-state index in [1.165, 1.54) is 33.3 Å². The molecule has 1 fully saturated rings. The van der Waals surface area contributed by atoms with Crippen molar-refractivity contribution in [3.05, 3.63) is 51.0 Å². The Kier molecular flexibility index (Phi) is 2.85. The first-order chi connectivity index (χ1) is 9.93. The molecule has 0 radical (unpaired) electrons. The Morgan fingerprint density at radius 1 is 1.24 bits per heavy atom. The molecule has 4 rings (SSSR count). The molecule has 1 nitrogen and oxygen atoms in total. The van der Waals surface area contributed by atoms with Gasteiger partial charge >= 0.3 is 0 Å². The summed E-state index contributed by atoms with van der Waals surface area (Å²) in [6.07, 6.45) is 6.99. The molecule has 0 aromatic heterocycles. The van der Waals surface area contributed by atoms with Gasteiger partial charge in [0.25, 0.3) is 0 Å². The van der Waals surface area contributed by atoms with E-state index in [0.717, 1.165) is 6.42 Å². The Morgan fingerprint density at radius 2 is 2.05 bits per heavy atom. The van der Waals surface area contributed by atoms with Crippen molar-refractivity contribution in [3.63, 3.8) is 0 Å². The van der Waals surface area contributed by atoms with Gasteiger partial charge in [0.2, 0.25) is 0 Å². The first kappa shape index (κ1) is 13.5. The van der Waals surface area contributed by atoms with Crippen molar-refractivity contribution in [2.45, 2.75) is 45.1 Å². The highest BCUT2D eigenvalue weighted by Crippen LogP contribution is 2.49. The average Bonchev–Trinajstić information content (AvgIpc) is 2.71. The van der Waals surface area contributed by atoms with E-state index in [1.54, 1.807) is 5.57 Å². The molecule has 2 atom stereocenters. The first-order valence-electron chi connectivity index (χ1n) is 7.71. The lowest BCUT2D eigenvalue weighted by Crippen LogP contribution is -2.33. The van der Waals surface area contributed by atoms with E-state index in [4.69, 9.17) is 4.99 Å². The molecule has 1 aromatic rings. The highest BCUT2D eigenvalue weighted by molar-refractivity contribution is 9.10. The predicted molar refractivity (Wildman–Crippen MR) is 92.9 cm³/mol. The fraction of sp³-hybridized carbons (Fsp3) is 0.421. The third-order valence-corrected chi connectivity index (χ3v) is 5.53. The number of nitrogens with zero attached hydrogens (tertiary/aromatic N) is 1. The molecule has 0 amide bonds. The molecule has 2 unspecified atom stereocenters. The molecule has 108 valence electrons. The molecular formula is C19H20BrN. The van der Waals surface area contributed by atoms with E-state index < -0.39 is 0 Å². The number of fused-ring (bicyclic) bond motifs is 4. The third-order valence-electron chi connectivity index (χ3n) is 5.03. The van der Waals surface area contributed by atoms with Crippen LogP contribution in [0.15, 0.2) is 44.9 Å². The summed E-state index contributed by atoms with van der Waals surface area (Å²) in [5.41, 5.74) is 7.33. The maximum Gasteiger partial charge on any atom is 0.0734 e. The number of halogens is 1. The van der Waals surface area contributed by atoms with Gasteiger partial charge in [-0.25, -0.2) is 0 Å². The van der Waals surface area contributed by atoms with Crippen LogP contribution >= 0.6 is 15.9 Å². The van der Waals surface area contributed by atoms with Gasteiger partial charge in [0, 0.05) is 28.4 Å². The lowest BCUT2D eigenvalue weighted by atomic mass is 9.71. The van der Waals surface area contributed by atoms with Crippen LogP contribution in [-0.2, 0) is 0 Å². The summed E-state index contributed by atoms with van der Waals surface area (Å²) < 4.78 is 1.17. The van der Waals surface area contributed by atoms with Crippen LogP contribution in [0.25, 0.3) is 6.08 Å². The largest absolute Gasteiger partial charge is 0.283 e. The summed E-state index contributed by atoms with van der Waals surface area (Å²) in [6.45, 7) is 6.70. The maximum atomic E-state index is 5.02. The lowest BCUT2D eigenvalue weighted by Gasteiger charge is -2.37. The maximum absolute atomic E-state index is 5.02. The highest BCUT2D eigenvalue weighted by atomic mass is 79.9. The number of benzene rings is 1. The van der Waals surface area contributed by atoms with Crippen molar-refractivity contribution in [2.24, 2.45) is 10.9 Å². The minimum absolute atomic E-state index is 0.0300. The highest BCUT2D eigenvalue weighted by Gasteiger charge is 2.38. The fourth-order valence-electron chi connectivity index (χ4n) is 4.27. The minimum Gasteiger partial charge on any atom is -0.283 e. The minimum atomic E-state index is -0.0300. The molecule has 1 aliphatic heterocycles. The summed E-state index contributed by atoms with van der Waals surface area (Å²) in [5, 5.41) is 0. The first-order valence-corrected chi connectivity index (χ1v) is 8.50. The average molecular weight is 342 g/mol. The summed E-state index contributed by atoms with van der Waals surface area (Å²) in [7, 11) is 0. The summed E-state index contributed by atoms with van der Waals surface area (Å²) in [4.78, 5) is 5.02. The molecule has 0 saturated heterocycles. The molecule has 0 N–H and O–H groups in total. The molecule has 3 aliphatic rings. The Labute approximate surface area is 135 Å². The molecule has 1 heterocycles. The van der Waals surface area contributed by atoms with E-state index in [9.17, 15) is 0 Å². The van der Waals surface area contributed by atoms with Crippen molar-refractivity contribution < 1.29 is 0 Å². The van der Waals surface area contributed by atoms with Crippen LogP contribution in [-0.4, -0.2) is 11.3 Å². The topological polar surface area (TPSA) is 12.4 Å². The molecular weight excluding hydrogens is 322 g/mol. The second kappa shape index (κ2) is 4.42. The van der Waals surface area contributed by atoms with Gasteiger partial charge in [0.1, 0.15) is 0 Å². The van der Waals surface area contributed by atoms with Crippen molar-refractivity contribution in [1.29, 1.82) is 0 Å². The van der Waals surface area contributed by atoms with Crippen LogP contribution in [0.2, 0.25) is 0 Å². The smallest absolute Gasteiger partial charge is 0.0734 e. The number of rotatable bonds is 0. The van der Waals surface area contributed by atoms with E-state index in [-0.39, 0.29) is 5.54 Å². The third kappa shape index (κ3) is 2.15. The van der Waals surface area contributed by atoms with Crippen LogP contribution < -0.4 is 0 Å². The summed E-state index contributed by atoms with van der Waals surface area (Å²) in [6, 6.07) is 6.71. The van der Waals surface area contributed by atoms with Crippen molar-refractivity contribution in [1.82, 2.24) is 0 Å². The molecule has 0 spiro atoms. The summed E-state index contributed by atoms with van der Waals surface area (Å²) >= 11 is 3.59. The van der Waals surface area contributed by atoms with E-state index in [2.05, 4.69) is 67.1 Å². The standard InChI is InChI=1S/C19H20BrN/c1-11-10-19(2,3)21-18-8-13-6-12-7-14(20)4-5-15(12)17(13)9-16(11)18/h4-7,10,16-17H,8-9H2,1-3H3. The number of aliphatic imine (C=N–C) groups is 1. The number of hydrogen-bond donors (Lipinski definition) is 0. The van der Waals surface area contributed by atoms with E-state index in [1.807, 2.05) is 0 Å². The monoisotopic (exact) mass is 341 g/mol. The van der Waals surface area contributed by atoms with Crippen LogP contribution in [0.5, 0.6) is 0 Å². The number of dihydropyridines is 1. The second-order valence-electron chi connectivity index (χ2n) is 7.16. The van der Waals surface area contributed by atoms with Gasteiger partial charge in [-0.05, 0) is 50.5 Å². The molecule has 2 heteroatoms. The molecule has 0 bridgehead atoms. The second-order valence-corrected chi connectivity index (χ2v) is 8.07. The van der Waals surface area contributed by atoms with Crippen molar-refractivity contribution >= 4 is 27.7 Å². The Bertz CT molecular complexity index is 721. The van der Waals surface area contributed by atoms with Gasteiger partial charge in [-0.15, -0.1) is 0 Å². The van der Waals surface area contributed by atoms with Crippen LogP contribution in [0.3, 0.4) is 0 Å². The van der Waals surface area contributed by atoms with Gasteiger partial charge < -0.3 is 0 Å². The molecule has 2 aliphatic carbocycles. The number of hydrogen-bond acceptors (Lipinski definition) is 1. The van der Waals surface area contributed by atoms with Gasteiger partial charge in [-0.3, -0.25) is 4.99 Å². The van der Waals surface area contributed by atoms with Gasteiger partial charge in [-0.2, -0.15) is 0 Å². The Balaban J connectivity index is 1.76. The number of allylic oxidation sites excluding steroid dienone is 2. The van der Waals surface area contributed by atoms with E-state index >= 15 is 0 Å². The van der Waals surface area contributed by atoms with Crippen molar-refractivity contribution in [2.75, 3.05) is 0 Å². The lowest BCUT2D eigenvalue weighted by molar-refractivity contribution is 0.540. The van der Waals surface area contributed by atoms with Crippen LogP contribution in [0.1, 0.15) is 50.7 Å².